The minimum atomic E-state index is 0.472. The molecule has 1 aromatic rings. The molecule has 1 rings (SSSR count). The molecule has 4 heteroatoms. The van der Waals surface area contributed by atoms with Crippen LogP contribution in [0.2, 0.25) is 0 Å². The first-order valence-electron chi connectivity index (χ1n) is 6.46. The molecule has 3 N–H and O–H groups in total. The normalized spacial score (nSPS) is 10.7. The smallest absolute Gasteiger partial charge is 0.107 e. The molecule has 0 aromatic heterocycles. The van der Waals surface area contributed by atoms with E-state index in [0.29, 0.717) is 11.0 Å². The van der Waals surface area contributed by atoms with Gasteiger partial charge in [0.1, 0.15) is 4.99 Å². The largest absolute Gasteiger partial charge is 0.389 e. The highest BCUT2D eigenvalue weighted by atomic mass is 32.2. The Labute approximate surface area is 120 Å². The van der Waals surface area contributed by atoms with Gasteiger partial charge in [-0.3, -0.25) is 0 Å². The van der Waals surface area contributed by atoms with Crippen molar-refractivity contribution in [1.29, 1.82) is 0 Å². The number of nitrogens with one attached hydrogen (secondary N) is 1. The Bertz CT molecular complexity index is 401. The lowest BCUT2D eigenvalue weighted by molar-refractivity contribution is 0.671. The van der Waals surface area contributed by atoms with Crippen LogP contribution in [0.4, 0.5) is 5.69 Å². The fraction of sp³-hybridized carbons (Fsp3) is 0.500. The van der Waals surface area contributed by atoms with Crippen LogP contribution in [0.5, 0.6) is 0 Å². The van der Waals surface area contributed by atoms with E-state index in [1.165, 1.54) is 4.90 Å². The van der Waals surface area contributed by atoms with Crippen molar-refractivity contribution in [1.82, 2.24) is 0 Å². The van der Waals surface area contributed by atoms with E-state index in [0.717, 1.165) is 29.8 Å². The highest BCUT2D eigenvalue weighted by molar-refractivity contribution is 7.99. The molecule has 100 valence electrons. The summed E-state index contributed by atoms with van der Waals surface area (Å²) in [6.45, 7) is 6.51. The van der Waals surface area contributed by atoms with Gasteiger partial charge < -0.3 is 11.1 Å². The van der Waals surface area contributed by atoms with Crippen LogP contribution in [0.25, 0.3) is 0 Å². The molecule has 0 saturated carbocycles. The summed E-state index contributed by atoms with van der Waals surface area (Å²) < 4.78 is 0. The molecule has 2 nitrogen and oxygen atoms in total. The topological polar surface area (TPSA) is 38.0 Å². The van der Waals surface area contributed by atoms with Crippen LogP contribution in [0.15, 0.2) is 23.1 Å². The third-order valence-electron chi connectivity index (χ3n) is 2.92. The predicted molar refractivity (Wildman–Crippen MR) is 86.7 cm³/mol. The van der Waals surface area contributed by atoms with E-state index >= 15 is 0 Å². The number of thiocarbonyl (C=S) groups is 1. The minimum Gasteiger partial charge on any atom is -0.389 e. The summed E-state index contributed by atoms with van der Waals surface area (Å²) >= 11 is 6.98. The molecule has 0 atom stereocenters. The number of nitrogens with two attached hydrogens (primary N) is 1. The summed E-state index contributed by atoms with van der Waals surface area (Å²) in [4.78, 5) is 1.64. The van der Waals surface area contributed by atoms with Gasteiger partial charge in [-0.05, 0) is 30.7 Å². The third-order valence-corrected chi connectivity index (χ3v) is 4.06. The molecular weight excluding hydrogens is 260 g/mol. The van der Waals surface area contributed by atoms with E-state index in [-0.39, 0.29) is 0 Å². The highest BCUT2D eigenvalue weighted by Crippen LogP contribution is 2.29. The lowest BCUT2D eigenvalue weighted by Crippen LogP contribution is -2.21. The fourth-order valence-corrected chi connectivity index (χ4v) is 3.03. The Kier molecular flexibility index (Phi) is 6.50. The number of rotatable bonds is 7. The number of thioether (sulfide) groups is 1. The van der Waals surface area contributed by atoms with E-state index in [2.05, 4.69) is 44.3 Å². The van der Waals surface area contributed by atoms with Crippen molar-refractivity contribution >= 4 is 34.7 Å². The van der Waals surface area contributed by atoms with E-state index < -0.39 is 0 Å². The van der Waals surface area contributed by atoms with Crippen LogP contribution in [0, 0.1) is 0 Å². The van der Waals surface area contributed by atoms with Crippen molar-refractivity contribution in [2.24, 2.45) is 5.73 Å². The van der Waals surface area contributed by atoms with Crippen molar-refractivity contribution in [3.63, 3.8) is 0 Å². The van der Waals surface area contributed by atoms with Crippen LogP contribution in [0.3, 0.4) is 0 Å². The maximum Gasteiger partial charge on any atom is 0.107 e. The molecule has 1 aromatic carbocycles. The molecular formula is C14H22N2S2. The molecule has 0 amide bonds. The van der Waals surface area contributed by atoms with E-state index in [1.54, 1.807) is 11.8 Å². The molecule has 0 radical (unpaired) electrons. The SMILES string of the molecule is CCSc1cccc(NC(CC)CC)c1C(N)=S. The van der Waals surface area contributed by atoms with Gasteiger partial charge in [-0.1, -0.05) is 39.1 Å². The summed E-state index contributed by atoms with van der Waals surface area (Å²) in [5.41, 5.74) is 7.94. The summed E-state index contributed by atoms with van der Waals surface area (Å²) in [6, 6.07) is 6.68. The Morgan fingerprint density at radius 3 is 2.50 bits per heavy atom. The molecule has 0 saturated heterocycles. The maximum absolute atomic E-state index is 5.88. The lowest BCUT2D eigenvalue weighted by Gasteiger charge is -2.20. The second-order valence-corrected chi connectivity index (χ2v) is 5.88. The van der Waals surface area contributed by atoms with Crippen LogP contribution in [-0.2, 0) is 0 Å². The molecule has 0 aliphatic rings. The zero-order valence-corrected chi connectivity index (χ0v) is 13.0. The van der Waals surface area contributed by atoms with Crippen molar-refractivity contribution in [3.8, 4) is 0 Å². The zero-order valence-electron chi connectivity index (χ0n) is 11.3. The number of benzene rings is 1. The van der Waals surface area contributed by atoms with E-state index in [1.807, 2.05) is 0 Å². The van der Waals surface area contributed by atoms with E-state index in [4.69, 9.17) is 18.0 Å². The molecule has 0 aliphatic carbocycles. The van der Waals surface area contributed by atoms with E-state index in [9.17, 15) is 0 Å². The number of hydrogen-bond acceptors (Lipinski definition) is 3. The van der Waals surface area contributed by atoms with Crippen LogP contribution in [-0.4, -0.2) is 16.8 Å². The Balaban J connectivity index is 3.09. The maximum atomic E-state index is 5.88. The zero-order chi connectivity index (χ0) is 13.5. The molecule has 0 spiro atoms. The van der Waals surface area contributed by atoms with Gasteiger partial charge in [0.2, 0.25) is 0 Å². The van der Waals surface area contributed by atoms with Gasteiger partial charge in [-0.15, -0.1) is 11.8 Å². The summed E-state index contributed by atoms with van der Waals surface area (Å²) in [6.07, 6.45) is 2.19. The quantitative estimate of drug-likeness (QED) is 0.585. The summed E-state index contributed by atoms with van der Waals surface area (Å²) in [7, 11) is 0. The van der Waals surface area contributed by atoms with Gasteiger partial charge in [-0.2, -0.15) is 0 Å². The average molecular weight is 282 g/mol. The molecule has 0 aliphatic heterocycles. The van der Waals surface area contributed by atoms with Crippen LogP contribution < -0.4 is 11.1 Å². The molecule has 0 heterocycles. The van der Waals surface area contributed by atoms with Gasteiger partial charge in [0, 0.05) is 22.2 Å². The minimum absolute atomic E-state index is 0.472. The first-order valence-corrected chi connectivity index (χ1v) is 7.85. The van der Waals surface area contributed by atoms with Crippen LogP contribution >= 0.6 is 24.0 Å². The first-order chi connectivity index (χ1) is 8.63. The van der Waals surface area contributed by atoms with Gasteiger partial charge >= 0.3 is 0 Å². The Morgan fingerprint density at radius 1 is 1.33 bits per heavy atom. The third kappa shape index (κ3) is 3.89. The molecule has 0 unspecified atom stereocenters. The van der Waals surface area contributed by atoms with Gasteiger partial charge in [-0.25, -0.2) is 0 Å². The Hall–Kier alpha value is -0.740. The fourth-order valence-electron chi connectivity index (χ4n) is 1.89. The number of hydrogen-bond donors (Lipinski definition) is 2. The van der Waals surface area contributed by atoms with Crippen molar-refractivity contribution in [2.75, 3.05) is 11.1 Å². The van der Waals surface area contributed by atoms with Gasteiger partial charge in [0.15, 0.2) is 0 Å². The summed E-state index contributed by atoms with van der Waals surface area (Å²) in [5, 5.41) is 3.55. The van der Waals surface area contributed by atoms with Crippen molar-refractivity contribution < 1.29 is 0 Å². The average Bonchev–Trinajstić information content (AvgIpc) is 2.36. The standard InChI is InChI=1S/C14H22N2S2/c1-4-10(5-2)16-11-8-7-9-12(18-6-3)13(11)14(15)17/h7-10,16H,4-6H2,1-3H3,(H2,15,17). The monoisotopic (exact) mass is 282 g/mol. The molecule has 0 bridgehead atoms. The first kappa shape index (κ1) is 15.3. The van der Waals surface area contributed by atoms with Gasteiger partial charge in [0.25, 0.3) is 0 Å². The Morgan fingerprint density at radius 2 is 2.00 bits per heavy atom. The second-order valence-electron chi connectivity index (χ2n) is 4.13. The van der Waals surface area contributed by atoms with Crippen LogP contribution in [0.1, 0.15) is 39.2 Å². The predicted octanol–water partition coefficient (Wildman–Crippen LogP) is 4.03. The molecule has 18 heavy (non-hydrogen) atoms. The molecule has 0 fully saturated rings. The number of anilines is 1. The highest BCUT2D eigenvalue weighted by Gasteiger charge is 2.13. The second kappa shape index (κ2) is 7.64. The van der Waals surface area contributed by atoms with Crippen molar-refractivity contribution in [2.45, 2.75) is 44.6 Å². The van der Waals surface area contributed by atoms with Crippen molar-refractivity contribution in [3.05, 3.63) is 23.8 Å². The lowest BCUT2D eigenvalue weighted by atomic mass is 10.1. The summed E-state index contributed by atoms with van der Waals surface area (Å²) in [5.74, 6) is 1.02. The van der Waals surface area contributed by atoms with Gasteiger partial charge in [0.05, 0.1) is 0 Å².